The predicted molar refractivity (Wildman–Crippen MR) is 93.7 cm³/mol. The molecule has 0 radical (unpaired) electrons. The highest BCUT2D eigenvalue weighted by Gasteiger charge is 2.30. The van der Waals surface area contributed by atoms with Gasteiger partial charge in [0.1, 0.15) is 11.7 Å². The van der Waals surface area contributed by atoms with Gasteiger partial charge in [0, 0.05) is 29.8 Å². The number of Topliss-reactive ketones (excluding diaryl/α,β-unsaturated/α-hetero) is 1. The highest BCUT2D eigenvalue weighted by atomic mass is 16.6. The summed E-state index contributed by atoms with van der Waals surface area (Å²) in [5.74, 6) is 1.40. The van der Waals surface area contributed by atoms with Gasteiger partial charge in [0.25, 0.3) is 5.69 Å². The van der Waals surface area contributed by atoms with Crippen LogP contribution in [0, 0.1) is 10.1 Å². The number of hydrogen-bond acceptors (Lipinski definition) is 6. The Balaban J connectivity index is 1.62. The lowest BCUT2D eigenvalue weighted by atomic mass is 10.0. The number of benzene rings is 2. The molecule has 25 heavy (non-hydrogen) atoms. The Hall–Kier alpha value is -3.35. The number of nitro groups is 1. The molecule has 4 rings (SSSR count). The molecule has 7 heteroatoms. The van der Waals surface area contributed by atoms with Crippen molar-refractivity contribution in [2.75, 3.05) is 13.1 Å². The average Bonchev–Trinajstić information content (AvgIpc) is 3.12. The van der Waals surface area contributed by atoms with Crippen LogP contribution in [0.2, 0.25) is 0 Å². The van der Waals surface area contributed by atoms with Crippen molar-refractivity contribution >= 4 is 28.8 Å². The smallest absolute Gasteiger partial charge is 0.269 e. The molecule has 2 aromatic carbocycles. The largest absolute Gasteiger partial charge is 0.312 e. The fourth-order valence-corrected chi connectivity index (χ4v) is 3.04. The van der Waals surface area contributed by atoms with Gasteiger partial charge in [-0.05, 0) is 24.3 Å². The van der Waals surface area contributed by atoms with Crippen LogP contribution in [0.3, 0.4) is 0 Å². The number of hydrogen-bond donors (Lipinski definition) is 0. The van der Waals surface area contributed by atoms with Crippen LogP contribution in [-0.2, 0) is 0 Å². The lowest BCUT2D eigenvalue weighted by Gasteiger charge is -2.27. The van der Waals surface area contributed by atoms with E-state index in [1.165, 1.54) is 24.3 Å². The van der Waals surface area contributed by atoms with Gasteiger partial charge in [0.15, 0.2) is 5.78 Å². The number of aliphatic imine (C=N–C) groups is 2. The summed E-state index contributed by atoms with van der Waals surface area (Å²) in [6.45, 7) is 1.38. The van der Waals surface area contributed by atoms with E-state index in [0.717, 1.165) is 17.1 Å². The lowest BCUT2D eigenvalue weighted by molar-refractivity contribution is -0.384. The lowest BCUT2D eigenvalue weighted by Crippen LogP contribution is -2.38. The molecule has 0 aromatic heterocycles. The fourth-order valence-electron chi connectivity index (χ4n) is 3.04. The highest BCUT2D eigenvalue weighted by Crippen LogP contribution is 2.29. The van der Waals surface area contributed by atoms with Crippen LogP contribution in [0.4, 0.5) is 11.4 Å². The van der Waals surface area contributed by atoms with Gasteiger partial charge >= 0.3 is 0 Å². The van der Waals surface area contributed by atoms with E-state index < -0.39 is 4.92 Å². The molecule has 0 N–H and O–H groups in total. The Morgan fingerprint density at radius 1 is 1.16 bits per heavy atom. The monoisotopic (exact) mass is 334 g/mol. The summed E-state index contributed by atoms with van der Waals surface area (Å²) in [5, 5.41) is 10.7. The predicted octanol–water partition coefficient (Wildman–Crippen LogP) is 2.97. The maximum absolute atomic E-state index is 12.6. The number of ketones is 1. The summed E-state index contributed by atoms with van der Waals surface area (Å²) < 4.78 is 0. The number of carbonyl (C=O) groups is 1. The van der Waals surface area contributed by atoms with Gasteiger partial charge in [-0.2, -0.15) is 0 Å². The number of carbonyl (C=O) groups excluding carboxylic acids is 1. The molecule has 2 aliphatic heterocycles. The number of fused-ring (bicyclic) bond motifs is 3. The van der Waals surface area contributed by atoms with E-state index in [1.54, 1.807) is 0 Å². The quantitative estimate of drug-likeness (QED) is 0.488. The molecule has 2 aromatic rings. The molecule has 0 amide bonds. The zero-order valence-corrected chi connectivity index (χ0v) is 13.3. The number of nitro benzene ring substituents is 1. The van der Waals surface area contributed by atoms with E-state index in [-0.39, 0.29) is 17.9 Å². The van der Waals surface area contributed by atoms with E-state index in [1.807, 2.05) is 29.2 Å². The summed E-state index contributed by atoms with van der Waals surface area (Å²) in [4.78, 5) is 34.0. The van der Waals surface area contributed by atoms with Crippen molar-refractivity contribution in [2.45, 2.75) is 6.42 Å². The highest BCUT2D eigenvalue weighted by molar-refractivity contribution is 6.20. The number of para-hydroxylation sites is 1. The van der Waals surface area contributed by atoms with Gasteiger partial charge in [0.2, 0.25) is 0 Å². The standard InChI is InChI=1S/C18H14N4O3/c23-16(12-5-7-13(8-6-12)22(24)25)11-17-20-15-4-2-1-3-14(15)18-19-9-10-21(17)18/h1-8H,9-11H2. The molecular formula is C18H14N4O3. The van der Waals surface area contributed by atoms with Crippen LogP contribution in [0.15, 0.2) is 58.5 Å². The first-order chi connectivity index (χ1) is 12.1. The van der Waals surface area contributed by atoms with Crippen LogP contribution >= 0.6 is 0 Å². The molecule has 0 fully saturated rings. The number of non-ortho nitro benzene ring substituents is 1. The van der Waals surface area contributed by atoms with Crippen molar-refractivity contribution in [1.82, 2.24) is 4.90 Å². The summed E-state index contributed by atoms with van der Waals surface area (Å²) in [6.07, 6.45) is 0.130. The minimum Gasteiger partial charge on any atom is -0.312 e. The first kappa shape index (κ1) is 15.2. The topological polar surface area (TPSA) is 88.2 Å². The SMILES string of the molecule is O=C(CC1=Nc2ccccc2C2=NCCN12)c1ccc([N+](=O)[O-])cc1. The van der Waals surface area contributed by atoms with Crippen LogP contribution in [0.1, 0.15) is 22.3 Å². The van der Waals surface area contributed by atoms with E-state index in [4.69, 9.17) is 0 Å². The molecule has 2 heterocycles. The average molecular weight is 334 g/mol. The molecular weight excluding hydrogens is 320 g/mol. The van der Waals surface area contributed by atoms with Gasteiger partial charge in [-0.25, -0.2) is 4.99 Å². The number of rotatable bonds is 4. The van der Waals surface area contributed by atoms with Gasteiger partial charge < -0.3 is 4.90 Å². The van der Waals surface area contributed by atoms with E-state index in [0.29, 0.717) is 24.5 Å². The molecule has 0 saturated carbocycles. The summed E-state index contributed by atoms with van der Waals surface area (Å²) >= 11 is 0. The summed E-state index contributed by atoms with van der Waals surface area (Å²) in [7, 11) is 0. The Bertz CT molecular complexity index is 932. The zero-order valence-electron chi connectivity index (χ0n) is 13.3. The molecule has 0 atom stereocenters. The van der Waals surface area contributed by atoms with E-state index in [9.17, 15) is 14.9 Å². The van der Waals surface area contributed by atoms with Crippen molar-refractivity contribution < 1.29 is 9.72 Å². The molecule has 2 aliphatic rings. The van der Waals surface area contributed by atoms with Crippen molar-refractivity contribution in [1.29, 1.82) is 0 Å². The van der Waals surface area contributed by atoms with Gasteiger partial charge in [-0.3, -0.25) is 19.9 Å². The van der Waals surface area contributed by atoms with Crippen LogP contribution in [-0.4, -0.2) is 40.4 Å². The molecule has 7 nitrogen and oxygen atoms in total. The Kier molecular flexibility index (Phi) is 3.61. The third-order valence-corrected chi connectivity index (χ3v) is 4.27. The zero-order chi connectivity index (χ0) is 17.4. The first-order valence-electron chi connectivity index (χ1n) is 7.90. The fraction of sp³-hybridized carbons (Fsp3) is 0.167. The Morgan fingerprint density at radius 2 is 1.92 bits per heavy atom. The third kappa shape index (κ3) is 2.69. The Morgan fingerprint density at radius 3 is 2.68 bits per heavy atom. The minimum atomic E-state index is -0.483. The molecule has 124 valence electrons. The van der Waals surface area contributed by atoms with Crippen molar-refractivity contribution in [3.05, 3.63) is 69.8 Å². The van der Waals surface area contributed by atoms with Crippen LogP contribution < -0.4 is 0 Å². The molecule has 0 spiro atoms. The first-order valence-corrected chi connectivity index (χ1v) is 7.90. The maximum atomic E-state index is 12.6. The summed E-state index contributed by atoms with van der Waals surface area (Å²) in [6, 6.07) is 13.4. The second kappa shape index (κ2) is 5.94. The van der Waals surface area contributed by atoms with Crippen molar-refractivity contribution in [3.8, 4) is 0 Å². The molecule has 0 saturated heterocycles. The van der Waals surface area contributed by atoms with Crippen molar-refractivity contribution in [2.24, 2.45) is 9.98 Å². The number of amidine groups is 2. The van der Waals surface area contributed by atoms with E-state index >= 15 is 0 Å². The third-order valence-electron chi connectivity index (χ3n) is 4.27. The second-order valence-electron chi connectivity index (χ2n) is 5.81. The minimum absolute atomic E-state index is 0.0329. The van der Waals surface area contributed by atoms with Crippen LogP contribution in [0.5, 0.6) is 0 Å². The Labute approximate surface area is 143 Å². The maximum Gasteiger partial charge on any atom is 0.269 e. The van der Waals surface area contributed by atoms with Crippen LogP contribution in [0.25, 0.3) is 0 Å². The normalized spacial score (nSPS) is 15.1. The van der Waals surface area contributed by atoms with Gasteiger partial charge in [-0.1, -0.05) is 12.1 Å². The second-order valence-corrected chi connectivity index (χ2v) is 5.81. The molecule has 0 bridgehead atoms. The number of nitrogens with zero attached hydrogens (tertiary/aromatic N) is 4. The molecule has 0 aliphatic carbocycles. The van der Waals surface area contributed by atoms with Gasteiger partial charge in [0.05, 0.1) is 23.6 Å². The molecule has 0 unspecified atom stereocenters. The van der Waals surface area contributed by atoms with Crippen molar-refractivity contribution in [3.63, 3.8) is 0 Å². The summed E-state index contributed by atoms with van der Waals surface area (Å²) in [5.41, 5.74) is 2.19. The van der Waals surface area contributed by atoms with E-state index in [2.05, 4.69) is 9.98 Å². The van der Waals surface area contributed by atoms with Gasteiger partial charge in [-0.15, -0.1) is 0 Å².